The van der Waals surface area contributed by atoms with E-state index in [-0.39, 0.29) is 30.7 Å². The number of benzene rings is 3. The second-order valence-electron chi connectivity index (χ2n) is 10.2. The standard InChI is InChI=1S/C33H29Br2FN2O5S/c1-5-41-32(40)28-19(4)37-33-38(29(28)23-8-6-7-9-26(23)43-18(2)3)31(39)27(44-33)16-21-14-24(34)30(25(35)15-21)42-17-20-10-12-22(36)13-11-20/h6-16,18,29H,5,17H2,1-4H3. The van der Waals surface area contributed by atoms with Gasteiger partial charge in [-0.25, -0.2) is 14.2 Å². The van der Waals surface area contributed by atoms with Gasteiger partial charge < -0.3 is 14.2 Å². The number of nitrogens with zero attached hydrogens (tertiary/aromatic N) is 2. The summed E-state index contributed by atoms with van der Waals surface area (Å²) in [7, 11) is 0. The maximum atomic E-state index is 14.1. The second kappa shape index (κ2) is 13.6. The Labute approximate surface area is 274 Å². The summed E-state index contributed by atoms with van der Waals surface area (Å²) in [5.74, 6) is 0.306. The zero-order valence-electron chi connectivity index (χ0n) is 24.4. The minimum atomic E-state index is -0.789. The number of thiazole rings is 1. The number of aromatic nitrogens is 1. The van der Waals surface area contributed by atoms with Gasteiger partial charge in [-0.15, -0.1) is 0 Å². The molecule has 3 aromatic carbocycles. The summed E-state index contributed by atoms with van der Waals surface area (Å²) >= 11 is 8.40. The Balaban J connectivity index is 1.58. The normalized spacial score (nSPS) is 14.8. The molecule has 0 saturated heterocycles. The molecule has 1 aromatic heterocycles. The summed E-state index contributed by atoms with van der Waals surface area (Å²) in [4.78, 5) is 32.5. The first-order chi connectivity index (χ1) is 21.1. The number of rotatable bonds is 9. The van der Waals surface area contributed by atoms with Gasteiger partial charge in [-0.3, -0.25) is 9.36 Å². The first-order valence-corrected chi connectivity index (χ1v) is 16.3. The van der Waals surface area contributed by atoms with E-state index in [1.165, 1.54) is 23.5 Å². The highest BCUT2D eigenvalue weighted by Gasteiger charge is 2.35. The average molecular weight is 744 g/mol. The minimum absolute atomic E-state index is 0.123. The zero-order chi connectivity index (χ0) is 31.5. The van der Waals surface area contributed by atoms with E-state index in [1.54, 1.807) is 36.6 Å². The van der Waals surface area contributed by atoms with Crippen LogP contribution in [-0.2, 0) is 16.1 Å². The molecular formula is C33H29Br2FN2O5S. The molecule has 0 spiro atoms. The fourth-order valence-corrected chi connectivity index (χ4v) is 7.34. The molecule has 228 valence electrons. The van der Waals surface area contributed by atoms with Crippen molar-refractivity contribution in [1.82, 2.24) is 4.57 Å². The van der Waals surface area contributed by atoms with Gasteiger partial charge in [0, 0.05) is 5.56 Å². The van der Waals surface area contributed by atoms with Crippen molar-refractivity contribution in [3.63, 3.8) is 0 Å². The summed E-state index contributed by atoms with van der Waals surface area (Å²) in [5.41, 5.74) is 2.70. The van der Waals surface area contributed by atoms with Crippen LogP contribution in [0.15, 0.2) is 90.7 Å². The first-order valence-electron chi connectivity index (χ1n) is 13.9. The molecule has 5 rings (SSSR count). The van der Waals surface area contributed by atoms with E-state index in [4.69, 9.17) is 14.2 Å². The van der Waals surface area contributed by atoms with Gasteiger partial charge in [0.25, 0.3) is 5.56 Å². The molecule has 1 atom stereocenters. The number of esters is 1. The molecule has 1 unspecified atom stereocenters. The molecule has 4 aromatic rings. The number of hydrogen-bond acceptors (Lipinski definition) is 7. The van der Waals surface area contributed by atoms with Gasteiger partial charge in [0.1, 0.15) is 30.0 Å². The molecular weight excluding hydrogens is 715 g/mol. The van der Waals surface area contributed by atoms with Crippen LogP contribution < -0.4 is 24.4 Å². The lowest BCUT2D eigenvalue weighted by Gasteiger charge is -2.26. The van der Waals surface area contributed by atoms with Crippen LogP contribution >= 0.6 is 43.2 Å². The van der Waals surface area contributed by atoms with E-state index < -0.39 is 12.0 Å². The molecule has 2 heterocycles. The van der Waals surface area contributed by atoms with Crippen LogP contribution in [-0.4, -0.2) is 23.2 Å². The monoisotopic (exact) mass is 742 g/mol. The fourth-order valence-electron chi connectivity index (χ4n) is 4.84. The van der Waals surface area contributed by atoms with E-state index in [1.807, 2.05) is 50.2 Å². The first kappa shape index (κ1) is 31.9. The van der Waals surface area contributed by atoms with Gasteiger partial charge in [-0.1, -0.05) is 41.7 Å². The van der Waals surface area contributed by atoms with Gasteiger partial charge >= 0.3 is 5.97 Å². The molecule has 11 heteroatoms. The van der Waals surface area contributed by atoms with Crippen molar-refractivity contribution < 1.29 is 23.4 Å². The molecule has 0 saturated carbocycles. The van der Waals surface area contributed by atoms with E-state index in [9.17, 15) is 14.0 Å². The molecule has 0 N–H and O–H groups in total. The smallest absolute Gasteiger partial charge is 0.338 e. The van der Waals surface area contributed by atoms with Gasteiger partial charge in [0.15, 0.2) is 4.80 Å². The molecule has 1 aliphatic rings. The van der Waals surface area contributed by atoms with Gasteiger partial charge in [-0.2, -0.15) is 0 Å². The Morgan fingerprint density at radius 1 is 1.11 bits per heavy atom. The number of ether oxygens (including phenoxy) is 3. The molecule has 0 amide bonds. The number of carbonyl (C=O) groups is 1. The van der Waals surface area contributed by atoms with Crippen LogP contribution in [0.4, 0.5) is 4.39 Å². The summed E-state index contributed by atoms with van der Waals surface area (Å²) in [5, 5.41) is 0. The molecule has 44 heavy (non-hydrogen) atoms. The zero-order valence-corrected chi connectivity index (χ0v) is 28.4. The third-order valence-electron chi connectivity index (χ3n) is 6.71. The SMILES string of the molecule is CCOC(=O)C1=C(C)N=c2sc(=Cc3cc(Br)c(OCc4ccc(F)cc4)c(Br)c3)c(=O)n2C1c1ccccc1OC(C)C. The van der Waals surface area contributed by atoms with Crippen molar-refractivity contribution in [1.29, 1.82) is 0 Å². The predicted molar refractivity (Wildman–Crippen MR) is 175 cm³/mol. The van der Waals surface area contributed by atoms with E-state index in [0.29, 0.717) is 46.6 Å². The van der Waals surface area contributed by atoms with Crippen molar-refractivity contribution >= 4 is 55.2 Å². The second-order valence-corrected chi connectivity index (χ2v) is 13.0. The van der Waals surface area contributed by atoms with Crippen LogP contribution in [0.25, 0.3) is 6.08 Å². The van der Waals surface area contributed by atoms with E-state index in [0.717, 1.165) is 11.1 Å². The van der Waals surface area contributed by atoms with E-state index >= 15 is 0 Å². The highest BCUT2D eigenvalue weighted by molar-refractivity contribution is 9.11. The molecule has 0 bridgehead atoms. The highest BCUT2D eigenvalue weighted by atomic mass is 79.9. The van der Waals surface area contributed by atoms with Gasteiger partial charge in [-0.05, 0) is 107 Å². The molecule has 7 nitrogen and oxygen atoms in total. The number of hydrogen-bond donors (Lipinski definition) is 0. The molecule has 0 radical (unpaired) electrons. The Bertz CT molecular complexity index is 1910. The number of carbonyl (C=O) groups excluding carboxylic acids is 1. The Morgan fingerprint density at radius 3 is 2.45 bits per heavy atom. The third kappa shape index (κ3) is 6.74. The Kier molecular flexibility index (Phi) is 9.87. The lowest BCUT2D eigenvalue weighted by molar-refractivity contribution is -0.139. The van der Waals surface area contributed by atoms with Crippen LogP contribution in [0.3, 0.4) is 0 Å². The molecule has 1 aliphatic heterocycles. The summed E-state index contributed by atoms with van der Waals surface area (Å²) in [6, 6.07) is 16.4. The number of fused-ring (bicyclic) bond motifs is 1. The summed E-state index contributed by atoms with van der Waals surface area (Å²) < 4.78 is 34.1. The summed E-state index contributed by atoms with van der Waals surface area (Å²) in [6.45, 7) is 7.77. The minimum Gasteiger partial charge on any atom is -0.491 e. The average Bonchev–Trinajstić information content (AvgIpc) is 3.26. The number of halogens is 3. The molecule has 0 fully saturated rings. The number of para-hydroxylation sites is 1. The Hall–Kier alpha value is -3.54. The van der Waals surface area contributed by atoms with Crippen molar-refractivity contribution in [2.24, 2.45) is 4.99 Å². The fraction of sp³-hybridized carbons (Fsp3) is 0.242. The predicted octanol–water partition coefficient (Wildman–Crippen LogP) is 6.83. The van der Waals surface area contributed by atoms with Crippen molar-refractivity contribution in [3.8, 4) is 11.5 Å². The summed E-state index contributed by atoms with van der Waals surface area (Å²) in [6.07, 6.45) is 1.66. The van der Waals surface area contributed by atoms with Gasteiger partial charge in [0.2, 0.25) is 0 Å². The van der Waals surface area contributed by atoms with Gasteiger partial charge in [0.05, 0.1) is 37.5 Å². The van der Waals surface area contributed by atoms with E-state index in [2.05, 4.69) is 36.9 Å². The number of allylic oxidation sites excluding steroid dienone is 1. The maximum absolute atomic E-state index is 14.1. The van der Waals surface area contributed by atoms with Crippen molar-refractivity contribution in [3.05, 3.63) is 123 Å². The van der Waals surface area contributed by atoms with Crippen molar-refractivity contribution in [2.45, 2.75) is 46.4 Å². The van der Waals surface area contributed by atoms with Crippen LogP contribution in [0.2, 0.25) is 0 Å². The van der Waals surface area contributed by atoms with Crippen LogP contribution in [0, 0.1) is 5.82 Å². The quantitative estimate of drug-likeness (QED) is 0.176. The topological polar surface area (TPSA) is 79.1 Å². The lowest BCUT2D eigenvalue weighted by Crippen LogP contribution is -2.40. The van der Waals surface area contributed by atoms with Crippen LogP contribution in [0.5, 0.6) is 11.5 Å². The highest BCUT2D eigenvalue weighted by Crippen LogP contribution is 2.37. The lowest BCUT2D eigenvalue weighted by atomic mass is 9.95. The maximum Gasteiger partial charge on any atom is 0.338 e. The largest absolute Gasteiger partial charge is 0.491 e. The van der Waals surface area contributed by atoms with Crippen LogP contribution in [0.1, 0.15) is 50.4 Å². The van der Waals surface area contributed by atoms with Crippen molar-refractivity contribution in [2.75, 3.05) is 6.61 Å². The third-order valence-corrected chi connectivity index (χ3v) is 8.87. The Morgan fingerprint density at radius 2 is 1.80 bits per heavy atom. The molecule has 0 aliphatic carbocycles.